The van der Waals surface area contributed by atoms with Crippen molar-refractivity contribution in [3.63, 3.8) is 0 Å². The lowest BCUT2D eigenvalue weighted by Crippen LogP contribution is -2.11. The lowest BCUT2D eigenvalue weighted by molar-refractivity contribution is -0.143. The summed E-state index contributed by atoms with van der Waals surface area (Å²) in [6.45, 7) is 0. The first-order chi connectivity index (χ1) is 12.4. The summed E-state index contributed by atoms with van der Waals surface area (Å²) < 4.78 is 83.0. The number of hydrogen-bond acceptors (Lipinski definition) is 5. The van der Waals surface area contributed by atoms with Gasteiger partial charge in [-0.2, -0.15) is 26.3 Å². The number of hydrogen-bond donors (Lipinski definition) is 2. The SMILES string of the molecule is Nc1ccc(N)c(-c2nnc(-c3cc(C(F)(F)F)cc(C(F)(F)F)c3)o2)c1. The van der Waals surface area contributed by atoms with Crippen molar-refractivity contribution in [3.05, 3.63) is 47.5 Å². The molecular formula is C16H10F6N4O. The molecule has 0 aliphatic heterocycles. The van der Waals surface area contributed by atoms with Crippen LogP contribution in [0.15, 0.2) is 40.8 Å². The standard InChI is InChI=1S/C16H10F6N4O/c17-15(18,19)8-3-7(4-9(5-8)16(20,21)22)13-25-26-14(27-13)11-6-10(23)1-2-12(11)24/h1-6H,23-24H2. The summed E-state index contributed by atoms with van der Waals surface area (Å²) in [6.07, 6.45) is -9.98. The van der Waals surface area contributed by atoms with Crippen molar-refractivity contribution >= 4 is 11.4 Å². The minimum atomic E-state index is -4.99. The van der Waals surface area contributed by atoms with Gasteiger partial charge in [0, 0.05) is 16.9 Å². The Labute approximate surface area is 147 Å². The van der Waals surface area contributed by atoms with Crippen LogP contribution in [0.3, 0.4) is 0 Å². The second kappa shape index (κ2) is 6.18. The van der Waals surface area contributed by atoms with E-state index in [0.717, 1.165) is 0 Å². The van der Waals surface area contributed by atoms with E-state index in [1.807, 2.05) is 0 Å². The lowest BCUT2D eigenvalue weighted by atomic mass is 10.0. The molecule has 0 saturated heterocycles. The van der Waals surface area contributed by atoms with Gasteiger partial charge in [0.1, 0.15) is 0 Å². The number of anilines is 2. The molecule has 0 spiro atoms. The molecule has 0 aliphatic rings. The van der Waals surface area contributed by atoms with Crippen LogP contribution in [0.25, 0.3) is 22.9 Å². The number of nitrogens with zero attached hydrogens (tertiary/aromatic N) is 2. The summed E-state index contributed by atoms with van der Waals surface area (Å²) in [4.78, 5) is 0. The molecule has 0 saturated carbocycles. The highest BCUT2D eigenvalue weighted by atomic mass is 19.4. The van der Waals surface area contributed by atoms with Crippen LogP contribution in [-0.4, -0.2) is 10.2 Å². The molecule has 1 aromatic heterocycles. The number of halogens is 6. The highest BCUT2D eigenvalue weighted by molar-refractivity contribution is 5.74. The van der Waals surface area contributed by atoms with Crippen LogP contribution in [-0.2, 0) is 12.4 Å². The normalized spacial score (nSPS) is 12.4. The average Bonchev–Trinajstić information content (AvgIpc) is 3.05. The fraction of sp³-hybridized carbons (Fsp3) is 0.125. The lowest BCUT2D eigenvalue weighted by Gasteiger charge is -2.12. The molecule has 0 aliphatic carbocycles. The molecule has 1 heterocycles. The summed E-state index contributed by atoms with van der Waals surface area (Å²) in [5.74, 6) is -0.718. The predicted molar refractivity (Wildman–Crippen MR) is 84.0 cm³/mol. The first-order valence-electron chi connectivity index (χ1n) is 7.24. The van der Waals surface area contributed by atoms with Crippen molar-refractivity contribution in [2.24, 2.45) is 0 Å². The summed E-state index contributed by atoms with van der Waals surface area (Å²) in [6, 6.07) is 5.33. The van der Waals surface area contributed by atoms with Gasteiger partial charge in [0.25, 0.3) is 0 Å². The molecule has 5 nitrogen and oxygen atoms in total. The van der Waals surface area contributed by atoms with E-state index in [0.29, 0.717) is 17.8 Å². The molecule has 4 N–H and O–H groups in total. The number of nitrogens with two attached hydrogens (primary N) is 2. The van der Waals surface area contributed by atoms with Gasteiger partial charge in [-0.25, -0.2) is 0 Å². The third kappa shape index (κ3) is 3.81. The molecule has 27 heavy (non-hydrogen) atoms. The number of nitrogen functional groups attached to an aromatic ring is 2. The van der Waals surface area contributed by atoms with Gasteiger partial charge in [0.15, 0.2) is 0 Å². The molecule has 11 heteroatoms. The van der Waals surface area contributed by atoms with Crippen LogP contribution in [0.1, 0.15) is 11.1 Å². The average molecular weight is 388 g/mol. The van der Waals surface area contributed by atoms with Crippen molar-refractivity contribution in [1.82, 2.24) is 10.2 Å². The Morgan fingerprint density at radius 3 is 1.85 bits per heavy atom. The van der Waals surface area contributed by atoms with Crippen LogP contribution in [0, 0.1) is 0 Å². The zero-order valence-electron chi connectivity index (χ0n) is 13.2. The maximum Gasteiger partial charge on any atom is 0.416 e. The minimum Gasteiger partial charge on any atom is -0.416 e. The number of rotatable bonds is 2. The van der Waals surface area contributed by atoms with Gasteiger partial charge < -0.3 is 15.9 Å². The van der Waals surface area contributed by atoms with E-state index in [1.165, 1.54) is 18.2 Å². The molecular weight excluding hydrogens is 378 g/mol. The second-order valence-corrected chi connectivity index (χ2v) is 5.55. The van der Waals surface area contributed by atoms with E-state index in [9.17, 15) is 26.3 Å². The van der Waals surface area contributed by atoms with Gasteiger partial charge in [-0.1, -0.05) is 0 Å². The molecule has 0 amide bonds. The van der Waals surface area contributed by atoms with Gasteiger partial charge >= 0.3 is 12.4 Å². The molecule has 3 rings (SSSR count). The maximum atomic E-state index is 13.0. The van der Waals surface area contributed by atoms with E-state index in [4.69, 9.17) is 15.9 Å². The molecule has 0 atom stereocenters. The monoisotopic (exact) mass is 388 g/mol. The molecule has 2 aromatic carbocycles. The van der Waals surface area contributed by atoms with Crippen molar-refractivity contribution in [1.29, 1.82) is 0 Å². The Morgan fingerprint density at radius 1 is 0.741 bits per heavy atom. The highest BCUT2D eigenvalue weighted by Crippen LogP contribution is 2.39. The van der Waals surface area contributed by atoms with E-state index < -0.39 is 34.9 Å². The molecule has 3 aromatic rings. The van der Waals surface area contributed by atoms with Crippen LogP contribution >= 0.6 is 0 Å². The van der Waals surface area contributed by atoms with Crippen molar-refractivity contribution in [2.75, 3.05) is 11.5 Å². The van der Waals surface area contributed by atoms with Gasteiger partial charge in [0.2, 0.25) is 11.8 Å². The largest absolute Gasteiger partial charge is 0.416 e. The Bertz CT molecular complexity index is 961. The van der Waals surface area contributed by atoms with Crippen molar-refractivity contribution in [2.45, 2.75) is 12.4 Å². The van der Waals surface area contributed by atoms with Crippen molar-refractivity contribution in [3.8, 4) is 22.9 Å². The number of benzene rings is 2. The van der Waals surface area contributed by atoms with E-state index in [1.54, 1.807) is 0 Å². The molecule has 0 radical (unpaired) electrons. The van der Waals surface area contributed by atoms with Crippen LogP contribution in [0.4, 0.5) is 37.7 Å². The van der Waals surface area contributed by atoms with Crippen LogP contribution in [0.2, 0.25) is 0 Å². The van der Waals surface area contributed by atoms with Gasteiger partial charge in [-0.15, -0.1) is 10.2 Å². The molecule has 0 unspecified atom stereocenters. The van der Waals surface area contributed by atoms with Gasteiger partial charge in [-0.05, 0) is 36.4 Å². The Hall–Kier alpha value is -3.24. The van der Waals surface area contributed by atoms with E-state index in [-0.39, 0.29) is 23.2 Å². The fourth-order valence-corrected chi connectivity index (χ4v) is 2.29. The molecule has 0 fully saturated rings. The predicted octanol–water partition coefficient (Wildman–Crippen LogP) is 4.61. The minimum absolute atomic E-state index is 0.0106. The van der Waals surface area contributed by atoms with Crippen LogP contribution in [0.5, 0.6) is 0 Å². The van der Waals surface area contributed by atoms with E-state index in [2.05, 4.69) is 10.2 Å². The first kappa shape index (κ1) is 18.5. The topological polar surface area (TPSA) is 91.0 Å². The smallest absolute Gasteiger partial charge is 0.416 e. The van der Waals surface area contributed by atoms with E-state index >= 15 is 0 Å². The summed E-state index contributed by atoms with van der Waals surface area (Å²) in [7, 11) is 0. The van der Waals surface area contributed by atoms with Crippen molar-refractivity contribution < 1.29 is 30.8 Å². The quantitative estimate of drug-likeness (QED) is 0.494. The number of aromatic nitrogens is 2. The summed E-state index contributed by atoms with van der Waals surface area (Å²) >= 11 is 0. The third-order valence-corrected chi connectivity index (χ3v) is 3.57. The number of alkyl halides is 6. The van der Waals surface area contributed by atoms with Gasteiger partial charge in [-0.3, -0.25) is 0 Å². The Balaban J connectivity index is 2.12. The summed E-state index contributed by atoms with van der Waals surface area (Å²) in [5, 5.41) is 7.17. The Kier molecular flexibility index (Phi) is 4.25. The maximum absolute atomic E-state index is 13.0. The first-order valence-corrected chi connectivity index (χ1v) is 7.24. The van der Waals surface area contributed by atoms with Gasteiger partial charge in [0.05, 0.1) is 16.7 Å². The third-order valence-electron chi connectivity index (χ3n) is 3.57. The zero-order chi connectivity index (χ0) is 20.0. The Morgan fingerprint density at radius 2 is 1.30 bits per heavy atom. The molecule has 142 valence electrons. The highest BCUT2D eigenvalue weighted by Gasteiger charge is 2.37. The molecule has 0 bridgehead atoms. The van der Waals surface area contributed by atoms with Crippen LogP contribution < -0.4 is 11.5 Å². The zero-order valence-corrected chi connectivity index (χ0v) is 13.2. The fourth-order valence-electron chi connectivity index (χ4n) is 2.29. The second-order valence-electron chi connectivity index (χ2n) is 5.55. The summed E-state index contributed by atoms with van der Waals surface area (Å²) in [5.41, 5.74) is 8.57.